The second-order valence-electron chi connectivity index (χ2n) is 6.25. The quantitative estimate of drug-likeness (QED) is 0.619. The number of nitrogens with one attached hydrogen (secondary N) is 1. The monoisotopic (exact) mass is 365 g/mol. The highest BCUT2D eigenvalue weighted by Crippen LogP contribution is 2.22. The first kappa shape index (κ1) is 18.3. The van der Waals surface area contributed by atoms with Crippen LogP contribution in [0.25, 0.3) is 0 Å². The predicted molar refractivity (Wildman–Crippen MR) is 108 cm³/mol. The third-order valence-electron chi connectivity index (χ3n) is 4.24. The van der Waals surface area contributed by atoms with Crippen LogP contribution >= 0.6 is 11.8 Å². The Kier molecular flexibility index (Phi) is 6.12. The summed E-state index contributed by atoms with van der Waals surface area (Å²) in [6, 6.07) is 18.3. The Balaban J connectivity index is 1.51. The van der Waals surface area contributed by atoms with E-state index in [0.717, 1.165) is 17.1 Å². The number of amides is 1. The second kappa shape index (κ2) is 8.72. The highest BCUT2D eigenvalue weighted by Gasteiger charge is 2.08. The number of rotatable bonds is 7. The summed E-state index contributed by atoms with van der Waals surface area (Å²) in [6.07, 6.45) is 2.18. The fourth-order valence-electron chi connectivity index (χ4n) is 2.59. The number of aryl methyl sites for hydroxylation is 2. The van der Waals surface area contributed by atoms with Gasteiger partial charge < -0.3 is 5.32 Å². The molecule has 0 saturated carbocycles. The van der Waals surface area contributed by atoms with E-state index in [4.69, 9.17) is 0 Å². The first-order valence-corrected chi connectivity index (χ1v) is 9.66. The molecule has 0 aliphatic carbocycles. The number of thioether (sulfide) groups is 1. The zero-order chi connectivity index (χ0) is 18.4. The Bertz CT molecular complexity index is 874. The Morgan fingerprint density at radius 3 is 2.65 bits per heavy atom. The predicted octanol–water partition coefficient (Wildman–Crippen LogP) is 4.67. The molecule has 4 nitrogen and oxygen atoms in total. The molecule has 3 rings (SSSR count). The smallest absolute Gasteiger partial charge is 0.226 e. The average Bonchev–Trinajstić information content (AvgIpc) is 3.05. The average molecular weight is 366 g/mol. The van der Waals surface area contributed by atoms with Crippen LogP contribution in [0.5, 0.6) is 0 Å². The van der Waals surface area contributed by atoms with E-state index in [1.165, 1.54) is 16.0 Å². The van der Waals surface area contributed by atoms with Crippen LogP contribution < -0.4 is 5.32 Å². The molecule has 0 aliphatic heterocycles. The number of hydrogen-bond acceptors (Lipinski definition) is 3. The third-order valence-corrected chi connectivity index (χ3v) is 5.23. The minimum absolute atomic E-state index is 0.0103. The summed E-state index contributed by atoms with van der Waals surface area (Å²) in [5.74, 6) is 1.49. The SMILES string of the molecule is Cc1ccc(SCCC(=O)Nc2ccnn2Cc2ccccc2)cc1C. The lowest BCUT2D eigenvalue weighted by Crippen LogP contribution is -2.16. The minimum atomic E-state index is 0.0103. The summed E-state index contributed by atoms with van der Waals surface area (Å²) >= 11 is 1.71. The summed E-state index contributed by atoms with van der Waals surface area (Å²) in [6.45, 7) is 4.86. The number of aromatic nitrogens is 2. The number of benzene rings is 2. The van der Waals surface area contributed by atoms with Crippen LogP contribution in [0.3, 0.4) is 0 Å². The highest BCUT2D eigenvalue weighted by atomic mass is 32.2. The number of anilines is 1. The van der Waals surface area contributed by atoms with E-state index in [9.17, 15) is 4.79 Å². The van der Waals surface area contributed by atoms with Crippen LogP contribution in [-0.2, 0) is 11.3 Å². The number of hydrogen-bond donors (Lipinski definition) is 1. The van der Waals surface area contributed by atoms with Gasteiger partial charge in [0.15, 0.2) is 0 Å². The zero-order valence-electron chi connectivity index (χ0n) is 15.1. The van der Waals surface area contributed by atoms with Gasteiger partial charge in [-0.05, 0) is 42.7 Å². The van der Waals surface area contributed by atoms with Crippen LogP contribution in [0.2, 0.25) is 0 Å². The maximum atomic E-state index is 12.3. The van der Waals surface area contributed by atoms with Crippen molar-refractivity contribution >= 4 is 23.5 Å². The first-order valence-electron chi connectivity index (χ1n) is 8.67. The highest BCUT2D eigenvalue weighted by molar-refractivity contribution is 7.99. The summed E-state index contributed by atoms with van der Waals surface area (Å²) in [5.41, 5.74) is 3.72. The Hall–Kier alpha value is -2.53. The Morgan fingerprint density at radius 1 is 1.08 bits per heavy atom. The molecule has 134 valence electrons. The van der Waals surface area contributed by atoms with Crippen molar-refractivity contribution in [2.75, 3.05) is 11.1 Å². The molecule has 1 aromatic heterocycles. The number of carbonyl (C=O) groups is 1. The fraction of sp³-hybridized carbons (Fsp3) is 0.238. The normalized spacial score (nSPS) is 10.7. The molecule has 0 atom stereocenters. The molecule has 0 bridgehead atoms. The van der Waals surface area contributed by atoms with E-state index in [1.54, 1.807) is 18.0 Å². The summed E-state index contributed by atoms with van der Waals surface area (Å²) in [5, 5.41) is 7.27. The Labute approximate surface area is 158 Å². The van der Waals surface area contributed by atoms with Gasteiger partial charge in [-0.3, -0.25) is 4.79 Å². The van der Waals surface area contributed by atoms with Crippen molar-refractivity contribution in [3.63, 3.8) is 0 Å². The molecule has 0 saturated heterocycles. The van der Waals surface area contributed by atoms with Crippen LogP contribution in [0.4, 0.5) is 5.82 Å². The van der Waals surface area contributed by atoms with Crippen molar-refractivity contribution in [3.05, 3.63) is 77.5 Å². The standard InChI is InChI=1S/C21H23N3OS/c1-16-8-9-19(14-17(16)2)26-13-11-21(25)23-20-10-12-22-24(20)15-18-6-4-3-5-7-18/h3-10,12,14H,11,13,15H2,1-2H3,(H,23,25). The zero-order valence-corrected chi connectivity index (χ0v) is 15.9. The second-order valence-corrected chi connectivity index (χ2v) is 7.42. The van der Waals surface area contributed by atoms with E-state index in [2.05, 4.69) is 42.5 Å². The van der Waals surface area contributed by atoms with Crippen molar-refractivity contribution in [2.24, 2.45) is 0 Å². The molecular weight excluding hydrogens is 342 g/mol. The van der Waals surface area contributed by atoms with E-state index in [0.29, 0.717) is 13.0 Å². The molecular formula is C21H23N3OS. The van der Waals surface area contributed by atoms with Gasteiger partial charge in [-0.25, -0.2) is 4.68 Å². The molecule has 26 heavy (non-hydrogen) atoms. The molecule has 0 radical (unpaired) electrons. The lowest BCUT2D eigenvalue weighted by atomic mass is 10.1. The molecule has 1 amide bonds. The van der Waals surface area contributed by atoms with Gasteiger partial charge >= 0.3 is 0 Å². The summed E-state index contributed by atoms with van der Waals surface area (Å²) < 4.78 is 1.81. The van der Waals surface area contributed by atoms with Crippen LogP contribution in [0.1, 0.15) is 23.1 Å². The Morgan fingerprint density at radius 2 is 1.88 bits per heavy atom. The fourth-order valence-corrected chi connectivity index (χ4v) is 3.54. The van der Waals surface area contributed by atoms with Gasteiger partial charge in [0.05, 0.1) is 12.7 Å². The van der Waals surface area contributed by atoms with Gasteiger partial charge in [-0.1, -0.05) is 36.4 Å². The number of carbonyl (C=O) groups excluding carboxylic acids is 1. The van der Waals surface area contributed by atoms with E-state index in [1.807, 2.05) is 41.1 Å². The lowest BCUT2D eigenvalue weighted by molar-refractivity contribution is -0.115. The largest absolute Gasteiger partial charge is 0.311 e. The molecule has 0 spiro atoms. The van der Waals surface area contributed by atoms with E-state index < -0.39 is 0 Å². The molecule has 0 aliphatic rings. The summed E-state index contributed by atoms with van der Waals surface area (Å²) in [7, 11) is 0. The van der Waals surface area contributed by atoms with Crippen molar-refractivity contribution in [3.8, 4) is 0 Å². The maximum absolute atomic E-state index is 12.3. The van der Waals surface area contributed by atoms with Crippen LogP contribution in [-0.4, -0.2) is 21.4 Å². The van der Waals surface area contributed by atoms with Crippen molar-refractivity contribution < 1.29 is 4.79 Å². The molecule has 1 N–H and O–H groups in total. The molecule has 3 aromatic rings. The van der Waals surface area contributed by atoms with Crippen LogP contribution in [0.15, 0.2) is 65.7 Å². The topological polar surface area (TPSA) is 46.9 Å². The molecule has 5 heteroatoms. The third kappa shape index (κ3) is 4.99. The first-order chi connectivity index (χ1) is 12.6. The van der Waals surface area contributed by atoms with E-state index in [-0.39, 0.29) is 5.91 Å². The van der Waals surface area contributed by atoms with E-state index >= 15 is 0 Å². The van der Waals surface area contributed by atoms with Crippen molar-refractivity contribution in [1.29, 1.82) is 0 Å². The van der Waals surface area contributed by atoms with Crippen molar-refractivity contribution in [1.82, 2.24) is 9.78 Å². The van der Waals surface area contributed by atoms with Crippen LogP contribution in [0, 0.1) is 13.8 Å². The maximum Gasteiger partial charge on any atom is 0.226 e. The van der Waals surface area contributed by atoms with Crippen molar-refractivity contribution in [2.45, 2.75) is 31.7 Å². The molecule has 2 aromatic carbocycles. The van der Waals surface area contributed by atoms with Gasteiger partial charge in [-0.15, -0.1) is 11.8 Å². The lowest BCUT2D eigenvalue weighted by Gasteiger charge is -2.09. The number of nitrogens with zero attached hydrogens (tertiary/aromatic N) is 2. The summed E-state index contributed by atoms with van der Waals surface area (Å²) in [4.78, 5) is 13.5. The molecule has 0 fully saturated rings. The molecule has 1 heterocycles. The van der Waals surface area contributed by atoms with Gasteiger partial charge in [0.1, 0.15) is 5.82 Å². The van der Waals surface area contributed by atoms with Gasteiger partial charge in [0, 0.05) is 23.1 Å². The van der Waals surface area contributed by atoms with Gasteiger partial charge in [-0.2, -0.15) is 5.10 Å². The minimum Gasteiger partial charge on any atom is -0.311 e. The van der Waals surface area contributed by atoms with Gasteiger partial charge in [0.2, 0.25) is 5.91 Å². The molecule has 0 unspecified atom stereocenters. The van der Waals surface area contributed by atoms with Gasteiger partial charge in [0.25, 0.3) is 0 Å².